The minimum atomic E-state index is -0.456. The molecule has 25 heavy (non-hydrogen) atoms. The fourth-order valence-corrected chi connectivity index (χ4v) is 3.59. The molecule has 0 bridgehead atoms. The zero-order valence-corrected chi connectivity index (χ0v) is 14.4. The Bertz CT molecular complexity index is 680. The number of amides is 1. The zero-order valence-electron chi connectivity index (χ0n) is 14.4. The molecule has 2 aromatic carbocycles. The molecule has 2 aromatic rings. The van der Waals surface area contributed by atoms with Gasteiger partial charge < -0.3 is 4.74 Å². The second kappa shape index (κ2) is 8.14. The van der Waals surface area contributed by atoms with E-state index in [4.69, 9.17) is 9.94 Å². The van der Waals surface area contributed by atoms with Crippen molar-refractivity contribution in [3.05, 3.63) is 65.7 Å². The molecule has 5 nitrogen and oxygen atoms in total. The summed E-state index contributed by atoms with van der Waals surface area (Å²) in [4.78, 5) is 14.4. The zero-order chi connectivity index (χ0) is 17.6. The van der Waals surface area contributed by atoms with E-state index in [1.807, 2.05) is 47.9 Å². The van der Waals surface area contributed by atoms with Gasteiger partial charge in [0.2, 0.25) is 0 Å². The van der Waals surface area contributed by atoms with E-state index in [0.717, 1.165) is 37.2 Å². The second-order valence-corrected chi connectivity index (χ2v) is 6.37. The van der Waals surface area contributed by atoms with Crippen molar-refractivity contribution in [1.82, 2.24) is 10.4 Å². The molecule has 1 fully saturated rings. The topological polar surface area (TPSA) is 61.8 Å². The van der Waals surface area contributed by atoms with Crippen molar-refractivity contribution in [3.63, 3.8) is 0 Å². The summed E-state index contributed by atoms with van der Waals surface area (Å²) in [5, 5.41) is 9.14. The number of nitrogens with zero attached hydrogens (tertiary/aromatic N) is 1. The Morgan fingerprint density at radius 2 is 1.76 bits per heavy atom. The number of ether oxygens (including phenoxy) is 1. The maximum Gasteiger partial charge on any atom is 0.265 e. The number of hydrogen-bond acceptors (Lipinski definition) is 4. The molecule has 1 amide bonds. The molecule has 2 N–H and O–H groups in total. The van der Waals surface area contributed by atoms with Crippen LogP contribution in [-0.4, -0.2) is 36.2 Å². The van der Waals surface area contributed by atoms with Crippen LogP contribution in [0.5, 0.6) is 5.75 Å². The predicted molar refractivity (Wildman–Crippen MR) is 95.7 cm³/mol. The van der Waals surface area contributed by atoms with Crippen LogP contribution in [0.25, 0.3) is 0 Å². The molecule has 0 spiro atoms. The third kappa shape index (κ3) is 4.00. The molecule has 1 heterocycles. The highest BCUT2D eigenvalue weighted by Gasteiger charge is 2.31. The smallest absolute Gasteiger partial charge is 0.265 e. The first-order valence-corrected chi connectivity index (χ1v) is 8.60. The largest absolute Gasteiger partial charge is 0.497 e. The lowest BCUT2D eigenvalue weighted by molar-refractivity contribution is -0.135. The van der Waals surface area contributed by atoms with Crippen molar-refractivity contribution < 1.29 is 14.7 Å². The van der Waals surface area contributed by atoms with Crippen LogP contribution in [-0.2, 0) is 4.79 Å². The van der Waals surface area contributed by atoms with Gasteiger partial charge in [0.15, 0.2) is 0 Å². The van der Waals surface area contributed by atoms with Crippen molar-refractivity contribution in [2.45, 2.75) is 24.8 Å². The van der Waals surface area contributed by atoms with Crippen LogP contribution in [0.4, 0.5) is 0 Å². The molecular weight excluding hydrogens is 316 g/mol. The molecular formula is C20H24N2O3. The van der Waals surface area contributed by atoms with Crippen LogP contribution in [0.1, 0.15) is 35.9 Å². The molecule has 1 saturated heterocycles. The molecule has 5 heteroatoms. The molecule has 1 aliphatic heterocycles. The second-order valence-electron chi connectivity index (χ2n) is 6.37. The van der Waals surface area contributed by atoms with E-state index >= 15 is 0 Å². The Morgan fingerprint density at radius 3 is 2.32 bits per heavy atom. The lowest BCUT2D eigenvalue weighted by Gasteiger charge is -2.36. The molecule has 0 aliphatic carbocycles. The van der Waals surface area contributed by atoms with Gasteiger partial charge >= 0.3 is 0 Å². The molecule has 132 valence electrons. The van der Waals surface area contributed by atoms with Gasteiger partial charge in [-0.1, -0.05) is 42.5 Å². The summed E-state index contributed by atoms with van der Waals surface area (Å²) >= 11 is 0. The van der Waals surface area contributed by atoms with E-state index in [1.54, 1.807) is 7.11 Å². The fourth-order valence-electron chi connectivity index (χ4n) is 3.59. The standard InChI is InChI=1S/C20H24N2O3/c1-25-18-9-7-15(8-10-18)16-11-13-22(14-12-16)19(20(23)21-24)17-5-3-2-4-6-17/h2-10,16,19,24H,11-14H2,1H3,(H,21,23). The third-order valence-corrected chi connectivity index (χ3v) is 4.96. The van der Waals surface area contributed by atoms with Gasteiger partial charge in [-0.25, -0.2) is 5.48 Å². The number of carbonyl (C=O) groups excluding carboxylic acids is 1. The number of carbonyl (C=O) groups is 1. The summed E-state index contributed by atoms with van der Waals surface area (Å²) in [6, 6.07) is 17.4. The number of methoxy groups -OCH3 is 1. The van der Waals surface area contributed by atoms with Gasteiger partial charge in [-0.05, 0) is 55.1 Å². The van der Waals surface area contributed by atoms with E-state index in [2.05, 4.69) is 17.0 Å². The van der Waals surface area contributed by atoms with Gasteiger partial charge in [0.1, 0.15) is 11.8 Å². The Labute approximate surface area is 148 Å². The summed E-state index contributed by atoms with van der Waals surface area (Å²) in [6.45, 7) is 1.62. The minimum Gasteiger partial charge on any atom is -0.497 e. The number of piperidine rings is 1. The van der Waals surface area contributed by atoms with Crippen LogP contribution in [0.3, 0.4) is 0 Å². The summed E-state index contributed by atoms with van der Waals surface area (Å²) in [6.07, 6.45) is 1.96. The molecule has 0 saturated carbocycles. The molecule has 1 atom stereocenters. The monoisotopic (exact) mass is 340 g/mol. The number of hydroxylamine groups is 1. The maximum atomic E-state index is 12.2. The number of likely N-dealkylation sites (tertiary alicyclic amines) is 1. The first-order valence-electron chi connectivity index (χ1n) is 8.60. The molecule has 1 unspecified atom stereocenters. The highest BCUT2D eigenvalue weighted by molar-refractivity contribution is 5.82. The van der Waals surface area contributed by atoms with Crippen LogP contribution in [0.15, 0.2) is 54.6 Å². The first kappa shape index (κ1) is 17.5. The predicted octanol–water partition coefficient (Wildman–Crippen LogP) is 3.12. The van der Waals surface area contributed by atoms with Gasteiger partial charge in [-0.3, -0.25) is 14.9 Å². The number of benzene rings is 2. The highest BCUT2D eigenvalue weighted by atomic mass is 16.5. The summed E-state index contributed by atoms with van der Waals surface area (Å²) < 4.78 is 5.22. The average Bonchev–Trinajstić information content (AvgIpc) is 2.69. The lowest BCUT2D eigenvalue weighted by atomic mass is 9.88. The fraction of sp³-hybridized carbons (Fsp3) is 0.350. The Balaban J connectivity index is 1.69. The van der Waals surface area contributed by atoms with Crippen molar-refractivity contribution in [3.8, 4) is 5.75 Å². The van der Waals surface area contributed by atoms with Crippen LogP contribution in [0, 0.1) is 0 Å². The number of nitrogens with one attached hydrogen (secondary N) is 1. The molecule has 3 rings (SSSR count). The van der Waals surface area contributed by atoms with Crippen molar-refractivity contribution in [2.24, 2.45) is 0 Å². The van der Waals surface area contributed by atoms with Gasteiger partial charge in [0, 0.05) is 0 Å². The van der Waals surface area contributed by atoms with Crippen molar-refractivity contribution in [1.29, 1.82) is 0 Å². The minimum absolute atomic E-state index is 0.380. The van der Waals surface area contributed by atoms with Gasteiger partial charge in [-0.15, -0.1) is 0 Å². The van der Waals surface area contributed by atoms with E-state index in [0.29, 0.717) is 5.92 Å². The molecule has 0 radical (unpaired) electrons. The van der Waals surface area contributed by atoms with Crippen LogP contribution >= 0.6 is 0 Å². The van der Waals surface area contributed by atoms with Crippen LogP contribution in [0.2, 0.25) is 0 Å². The van der Waals surface area contributed by atoms with E-state index < -0.39 is 6.04 Å². The van der Waals surface area contributed by atoms with E-state index in [-0.39, 0.29) is 5.91 Å². The Morgan fingerprint density at radius 1 is 1.12 bits per heavy atom. The highest BCUT2D eigenvalue weighted by Crippen LogP contribution is 2.33. The average molecular weight is 340 g/mol. The van der Waals surface area contributed by atoms with Crippen molar-refractivity contribution in [2.75, 3.05) is 20.2 Å². The van der Waals surface area contributed by atoms with Gasteiger partial charge in [-0.2, -0.15) is 0 Å². The van der Waals surface area contributed by atoms with Gasteiger partial charge in [0.25, 0.3) is 5.91 Å². The molecule has 1 aliphatic rings. The summed E-state index contributed by atoms with van der Waals surface area (Å²) in [5.74, 6) is 0.967. The normalized spacial score (nSPS) is 17.0. The quantitative estimate of drug-likeness (QED) is 0.648. The van der Waals surface area contributed by atoms with E-state index in [1.165, 1.54) is 5.56 Å². The summed E-state index contributed by atoms with van der Waals surface area (Å²) in [5.41, 5.74) is 4.03. The lowest BCUT2D eigenvalue weighted by Crippen LogP contribution is -2.43. The Kier molecular flexibility index (Phi) is 5.68. The first-order chi connectivity index (χ1) is 12.2. The number of rotatable bonds is 5. The van der Waals surface area contributed by atoms with Crippen LogP contribution < -0.4 is 10.2 Å². The van der Waals surface area contributed by atoms with E-state index in [9.17, 15) is 4.79 Å². The van der Waals surface area contributed by atoms with Crippen molar-refractivity contribution >= 4 is 5.91 Å². The molecule has 0 aromatic heterocycles. The Hall–Kier alpha value is -2.37. The SMILES string of the molecule is COc1ccc(C2CCN(C(C(=O)NO)c3ccccc3)CC2)cc1. The summed E-state index contributed by atoms with van der Waals surface area (Å²) in [7, 11) is 1.67. The third-order valence-electron chi connectivity index (χ3n) is 4.96. The maximum absolute atomic E-state index is 12.2. The number of hydrogen-bond donors (Lipinski definition) is 2. The van der Waals surface area contributed by atoms with Gasteiger partial charge in [0.05, 0.1) is 7.11 Å².